The van der Waals surface area contributed by atoms with E-state index in [0.29, 0.717) is 12.3 Å². The maximum atomic E-state index is 9.23. The number of halogens is 1. The third kappa shape index (κ3) is 6.12. The lowest BCUT2D eigenvalue weighted by Gasteiger charge is -2.07. The van der Waals surface area contributed by atoms with Crippen molar-refractivity contribution in [3.05, 3.63) is 12.2 Å². The van der Waals surface area contributed by atoms with Gasteiger partial charge in [0.05, 0.1) is 6.10 Å². The molecule has 0 spiro atoms. The molecule has 0 fully saturated rings. The lowest BCUT2D eigenvalue weighted by atomic mass is 10.1. The number of aliphatic hydroxyl groups excluding tert-OH is 1. The molecule has 2 heteroatoms. The summed E-state index contributed by atoms with van der Waals surface area (Å²) >= 11 is 5.45. The molecule has 1 N–H and O–H groups in total. The van der Waals surface area contributed by atoms with Gasteiger partial charge in [-0.15, -0.1) is 18.2 Å². The van der Waals surface area contributed by atoms with E-state index in [-0.39, 0.29) is 6.10 Å². The Balaban J connectivity index is 3.25. The van der Waals surface area contributed by atoms with Gasteiger partial charge in [0.25, 0.3) is 0 Å². The topological polar surface area (TPSA) is 20.2 Å². The highest BCUT2D eigenvalue weighted by molar-refractivity contribution is 6.17. The lowest BCUT2D eigenvalue weighted by molar-refractivity contribution is 0.164. The highest BCUT2D eigenvalue weighted by Gasteiger charge is 2.02. The van der Waals surface area contributed by atoms with Gasteiger partial charge < -0.3 is 5.11 Å². The zero-order chi connectivity index (χ0) is 7.98. The number of aliphatic hydroxyl groups is 1. The highest BCUT2D eigenvalue weighted by atomic mass is 35.5. The van der Waals surface area contributed by atoms with Gasteiger partial charge in [0.2, 0.25) is 0 Å². The first kappa shape index (κ1) is 9.99. The Bertz CT molecular complexity index is 101. The van der Waals surface area contributed by atoms with Crippen LogP contribution in [0.3, 0.4) is 0 Å². The van der Waals surface area contributed by atoms with Gasteiger partial charge >= 0.3 is 0 Å². The molecular weight excluding hydrogens is 148 g/mol. The first-order valence-corrected chi connectivity index (χ1v) is 4.08. The first-order chi connectivity index (χ1) is 4.66. The lowest BCUT2D eigenvalue weighted by Crippen LogP contribution is -2.06. The molecule has 0 rings (SSSR count). The van der Waals surface area contributed by atoms with Crippen LogP contribution < -0.4 is 0 Å². The number of hydrogen-bond donors (Lipinski definition) is 1. The molecule has 0 aliphatic carbocycles. The van der Waals surface area contributed by atoms with Crippen LogP contribution in [0.15, 0.2) is 12.2 Å². The predicted molar refractivity (Wildman–Crippen MR) is 45.4 cm³/mol. The molecule has 0 aliphatic rings. The fourth-order valence-corrected chi connectivity index (χ4v) is 0.971. The van der Waals surface area contributed by atoms with E-state index in [1.54, 1.807) is 0 Å². The Hall–Kier alpha value is -0.0100. The summed E-state index contributed by atoms with van der Waals surface area (Å²) in [5.41, 5.74) is 1.03. The van der Waals surface area contributed by atoms with Crippen LogP contribution in [0.25, 0.3) is 0 Å². The van der Waals surface area contributed by atoms with E-state index >= 15 is 0 Å². The molecule has 0 heterocycles. The minimum absolute atomic E-state index is 0.240. The fraction of sp³-hybridized carbons (Fsp3) is 0.750. The largest absolute Gasteiger partial charge is 0.393 e. The van der Waals surface area contributed by atoms with E-state index < -0.39 is 0 Å². The molecule has 0 aromatic carbocycles. The smallest absolute Gasteiger partial charge is 0.0577 e. The van der Waals surface area contributed by atoms with Crippen molar-refractivity contribution in [1.29, 1.82) is 0 Å². The molecule has 0 aromatic rings. The minimum Gasteiger partial charge on any atom is -0.393 e. The molecule has 0 radical (unpaired) electrons. The van der Waals surface area contributed by atoms with Gasteiger partial charge in [-0.1, -0.05) is 5.57 Å². The molecule has 0 saturated carbocycles. The molecule has 10 heavy (non-hydrogen) atoms. The van der Waals surface area contributed by atoms with E-state index in [4.69, 9.17) is 11.6 Å². The molecular formula is C8H15ClO. The second-order valence-electron chi connectivity index (χ2n) is 2.65. The summed E-state index contributed by atoms with van der Waals surface area (Å²) in [5.74, 6) is 0.632. The van der Waals surface area contributed by atoms with E-state index in [2.05, 4.69) is 6.58 Å². The van der Waals surface area contributed by atoms with Crippen molar-refractivity contribution in [2.45, 2.75) is 32.3 Å². The van der Waals surface area contributed by atoms with Crippen LogP contribution >= 0.6 is 11.6 Å². The van der Waals surface area contributed by atoms with Crippen molar-refractivity contribution >= 4 is 11.6 Å². The van der Waals surface area contributed by atoms with Crippen LogP contribution in [0.5, 0.6) is 0 Å². The van der Waals surface area contributed by atoms with Crippen molar-refractivity contribution in [2.24, 2.45) is 0 Å². The third-order valence-corrected chi connectivity index (χ3v) is 1.52. The summed E-state index contributed by atoms with van der Waals surface area (Å²) in [5, 5.41) is 9.23. The third-order valence-electron chi connectivity index (χ3n) is 1.26. The van der Waals surface area contributed by atoms with E-state index in [1.807, 2.05) is 6.92 Å². The Morgan fingerprint density at radius 3 is 2.70 bits per heavy atom. The van der Waals surface area contributed by atoms with Gasteiger partial charge in [0, 0.05) is 5.88 Å². The van der Waals surface area contributed by atoms with Gasteiger partial charge in [0.15, 0.2) is 0 Å². The Morgan fingerprint density at radius 2 is 2.30 bits per heavy atom. The Kier molecular flexibility index (Phi) is 5.74. The molecule has 0 aromatic heterocycles. The molecule has 1 nitrogen and oxygen atoms in total. The van der Waals surface area contributed by atoms with Crippen molar-refractivity contribution in [3.63, 3.8) is 0 Å². The zero-order valence-corrected chi connectivity index (χ0v) is 7.19. The summed E-state index contributed by atoms with van der Waals surface area (Å²) < 4.78 is 0. The van der Waals surface area contributed by atoms with Crippen LogP contribution in [0.4, 0.5) is 0 Å². The van der Waals surface area contributed by atoms with Crippen molar-refractivity contribution in [2.75, 3.05) is 5.88 Å². The van der Waals surface area contributed by atoms with Crippen LogP contribution in [-0.2, 0) is 0 Å². The van der Waals surface area contributed by atoms with Crippen LogP contribution in [0.2, 0.25) is 0 Å². The summed E-state index contributed by atoms with van der Waals surface area (Å²) in [7, 11) is 0. The summed E-state index contributed by atoms with van der Waals surface area (Å²) in [6.07, 6.45) is 2.14. The van der Waals surface area contributed by atoms with E-state index in [0.717, 1.165) is 18.4 Å². The normalized spacial score (nSPS) is 13.1. The monoisotopic (exact) mass is 162 g/mol. The van der Waals surface area contributed by atoms with Crippen molar-refractivity contribution in [3.8, 4) is 0 Å². The van der Waals surface area contributed by atoms with Gasteiger partial charge in [-0.05, 0) is 26.2 Å². The first-order valence-electron chi connectivity index (χ1n) is 3.55. The fourth-order valence-electron chi connectivity index (χ4n) is 0.817. The van der Waals surface area contributed by atoms with Gasteiger partial charge in [-0.3, -0.25) is 0 Å². The SMILES string of the molecule is C=C(C)CC(O)CCCCl. The van der Waals surface area contributed by atoms with E-state index in [1.165, 1.54) is 0 Å². The molecule has 1 atom stereocenters. The van der Waals surface area contributed by atoms with Crippen molar-refractivity contribution in [1.82, 2.24) is 0 Å². The summed E-state index contributed by atoms with van der Waals surface area (Å²) in [6, 6.07) is 0. The Morgan fingerprint density at radius 1 is 1.70 bits per heavy atom. The van der Waals surface area contributed by atoms with Crippen LogP contribution in [-0.4, -0.2) is 17.1 Å². The standard InChI is InChI=1S/C8H15ClO/c1-7(2)6-8(10)4-3-5-9/h8,10H,1,3-6H2,2H3. The Labute approximate surface area is 67.7 Å². The number of hydrogen-bond acceptors (Lipinski definition) is 1. The molecule has 0 amide bonds. The summed E-state index contributed by atoms with van der Waals surface area (Å²) in [6.45, 7) is 5.63. The number of rotatable bonds is 5. The quantitative estimate of drug-likeness (QED) is 0.486. The second kappa shape index (κ2) is 5.75. The molecule has 0 bridgehead atoms. The predicted octanol–water partition coefficient (Wildman–Crippen LogP) is 2.33. The highest BCUT2D eigenvalue weighted by Crippen LogP contribution is 2.07. The number of alkyl halides is 1. The second-order valence-corrected chi connectivity index (χ2v) is 3.02. The maximum absolute atomic E-state index is 9.23. The molecule has 60 valence electrons. The average Bonchev–Trinajstić information content (AvgIpc) is 1.82. The van der Waals surface area contributed by atoms with Crippen molar-refractivity contribution < 1.29 is 5.11 Å². The minimum atomic E-state index is -0.240. The maximum Gasteiger partial charge on any atom is 0.0577 e. The van der Waals surface area contributed by atoms with Crippen LogP contribution in [0.1, 0.15) is 26.2 Å². The molecule has 0 aliphatic heterocycles. The van der Waals surface area contributed by atoms with Gasteiger partial charge in [0.1, 0.15) is 0 Å². The average molecular weight is 163 g/mol. The molecule has 0 saturated heterocycles. The van der Waals surface area contributed by atoms with Crippen LogP contribution in [0, 0.1) is 0 Å². The molecule has 1 unspecified atom stereocenters. The van der Waals surface area contributed by atoms with Gasteiger partial charge in [-0.2, -0.15) is 0 Å². The zero-order valence-electron chi connectivity index (χ0n) is 6.44. The summed E-state index contributed by atoms with van der Waals surface area (Å²) in [4.78, 5) is 0. The van der Waals surface area contributed by atoms with Gasteiger partial charge in [-0.25, -0.2) is 0 Å². The van der Waals surface area contributed by atoms with E-state index in [9.17, 15) is 5.11 Å².